The van der Waals surface area contributed by atoms with Crippen LogP contribution in [0.1, 0.15) is 89.5 Å². The van der Waals surface area contributed by atoms with Gasteiger partial charge < -0.3 is 0 Å². The molecule has 0 amide bonds. The van der Waals surface area contributed by atoms with E-state index in [0.29, 0.717) is 0 Å². The molecule has 0 bridgehead atoms. The largest absolute Gasteiger partial charge is 0.181 e. The quantitative estimate of drug-likeness (QED) is 0.126. The minimum Gasteiger partial charge on any atom is -0.0654 e. The fraction of sp³-hybridized carbons (Fsp3) is 0.438. The molecule has 0 spiro atoms. The van der Waals surface area contributed by atoms with Crippen molar-refractivity contribution >= 4 is 37.4 Å². The van der Waals surface area contributed by atoms with E-state index in [0.717, 1.165) is 0 Å². The molecule has 2 heteroatoms. The van der Waals surface area contributed by atoms with Crippen molar-refractivity contribution in [3.63, 3.8) is 0 Å². The predicted octanol–water partition coefficient (Wildman–Crippen LogP) is 9.53. The minimum absolute atomic E-state index is 1.20. The monoisotopic (exact) mass is 537 g/mol. The lowest BCUT2D eigenvalue weighted by Crippen LogP contribution is -2.26. The van der Waals surface area contributed by atoms with Crippen molar-refractivity contribution in [3.8, 4) is 0 Å². The fourth-order valence-corrected chi connectivity index (χ4v) is 9.50. The molecule has 0 heterocycles. The first-order valence-corrected chi connectivity index (χ1v) is 17.4. The van der Waals surface area contributed by atoms with Gasteiger partial charge in [0.25, 0.3) is 0 Å². The highest BCUT2D eigenvalue weighted by molar-refractivity contribution is 9.44. The molecule has 0 unspecified atom stereocenters. The third-order valence-corrected chi connectivity index (χ3v) is 13.5. The first-order chi connectivity index (χ1) is 16.7. The van der Waals surface area contributed by atoms with Gasteiger partial charge in [0.05, 0.1) is 0 Å². The molecule has 0 fully saturated rings. The molecule has 0 aliphatic heterocycles. The van der Waals surface area contributed by atoms with Crippen molar-refractivity contribution in [2.24, 2.45) is 0 Å². The van der Waals surface area contributed by atoms with Crippen molar-refractivity contribution in [1.29, 1.82) is 0 Å². The predicted molar refractivity (Wildman–Crippen MR) is 159 cm³/mol. The summed E-state index contributed by atoms with van der Waals surface area (Å²) in [5.74, 6) is -1.79. The highest BCUT2D eigenvalue weighted by atomic mass is 79.9. The van der Waals surface area contributed by atoms with Crippen LogP contribution in [0.5, 0.6) is 0 Å². The second-order valence-corrected chi connectivity index (χ2v) is 15.5. The number of unbranched alkanes of at least 4 members (excludes halogenated alkanes) is 11. The van der Waals surface area contributed by atoms with Crippen molar-refractivity contribution in [2.75, 3.05) is 0 Å². The maximum atomic E-state index is 4.26. The molecule has 0 aliphatic rings. The Balaban J connectivity index is 1.44. The average molecular weight is 539 g/mol. The van der Waals surface area contributed by atoms with Gasteiger partial charge in [-0.2, -0.15) is 0 Å². The zero-order chi connectivity index (χ0) is 23.9. The Labute approximate surface area is 217 Å². The highest BCUT2D eigenvalue weighted by Gasteiger charge is 2.43. The Morgan fingerprint density at radius 2 is 0.853 bits per heavy atom. The van der Waals surface area contributed by atoms with Gasteiger partial charge in [0.1, 0.15) is 15.9 Å². The number of hydrogen-bond donors (Lipinski definition) is 0. The molecule has 0 nitrogen and oxygen atoms in total. The normalized spacial score (nSPS) is 11.6. The summed E-state index contributed by atoms with van der Waals surface area (Å²) in [7, 11) is 0. The van der Waals surface area contributed by atoms with Gasteiger partial charge in [0.2, 0.25) is 0 Å². The van der Waals surface area contributed by atoms with Gasteiger partial charge in [0, 0.05) is 0 Å². The zero-order valence-electron chi connectivity index (χ0n) is 21.1. The van der Waals surface area contributed by atoms with E-state index < -0.39 is 5.96 Å². The van der Waals surface area contributed by atoms with Gasteiger partial charge in [-0.3, -0.25) is 0 Å². The Hall–Kier alpha value is -1.43. The molecule has 0 N–H and O–H groups in total. The number of aryl methyl sites for hydroxylation is 1. The van der Waals surface area contributed by atoms with Crippen molar-refractivity contribution in [2.45, 2.75) is 90.4 Å². The Morgan fingerprint density at radius 1 is 0.471 bits per heavy atom. The molecule has 3 aromatic carbocycles. The van der Waals surface area contributed by atoms with E-state index in [1.165, 1.54) is 105 Å². The van der Waals surface area contributed by atoms with Crippen LogP contribution in [-0.4, -0.2) is 0 Å². The number of halogens is 1. The van der Waals surface area contributed by atoms with E-state index >= 15 is 0 Å². The molecule has 3 rings (SSSR count). The van der Waals surface area contributed by atoms with Crippen LogP contribution in [0.2, 0.25) is 0 Å². The molecule has 182 valence electrons. The van der Waals surface area contributed by atoms with E-state index in [-0.39, 0.29) is 0 Å². The van der Waals surface area contributed by atoms with E-state index in [1.807, 2.05) is 0 Å². The summed E-state index contributed by atoms with van der Waals surface area (Å²) in [6.45, 7) is 2.29. The fourth-order valence-electron chi connectivity index (χ4n) is 4.75. The second kappa shape index (κ2) is 15.5. The molecule has 3 aromatic rings. The van der Waals surface area contributed by atoms with Gasteiger partial charge in [-0.05, 0) is 54.8 Å². The maximum absolute atomic E-state index is 4.26. The van der Waals surface area contributed by atoms with E-state index in [1.54, 1.807) is 0 Å². The summed E-state index contributed by atoms with van der Waals surface area (Å²) >= 11 is 4.26. The summed E-state index contributed by atoms with van der Waals surface area (Å²) in [6.07, 6.45) is 18.1. The van der Waals surface area contributed by atoms with Gasteiger partial charge in [-0.25, -0.2) is 0 Å². The molecule has 0 saturated carbocycles. The van der Waals surface area contributed by atoms with Gasteiger partial charge in [0.15, 0.2) is 21.5 Å². The summed E-state index contributed by atoms with van der Waals surface area (Å²) in [6, 6.07) is 31.3. The summed E-state index contributed by atoms with van der Waals surface area (Å²) < 4.78 is 0. The van der Waals surface area contributed by atoms with Crippen LogP contribution in [0.25, 0.3) is 0 Å². The van der Waals surface area contributed by atoms with Crippen molar-refractivity contribution < 1.29 is 0 Å². The van der Waals surface area contributed by atoms with Gasteiger partial charge in [-0.15, -0.1) is 0 Å². The van der Waals surface area contributed by atoms with E-state index in [2.05, 4.69) is 107 Å². The molecular weight excluding hydrogens is 495 g/mol. The smallest absolute Gasteiger partial charge is 0.0654 e. The Morgan fingerprint density at radius 3 is 1.29 bits per heavy atom. The molecule has 0 atom stereocenters. The van der Waals surface area contributed by atoms with Crippen LogP contribution in [0.3, 0.4) is 0 Å². The summed E-state index contributed by atoms with van der Waals surface area (Å²) in [5, 5.41) is 4.13. The molecule has 0 saturated heterocycles. The second-order valence-electron chi connectivity index (χ2n) is 9.57. The number of hydrogen-bond acceptors (Lipinski definition) is 0. The van der Waals surface area contributed by atoms with Gasteiger partial charge >= 0.3 is 0 Å². The Bertz CT molecular complexity index is 865. The number of rotatable bonds is 16. The maximum Gasteiger partial charge on any atom is 0.181 e. The first-order valence-electron chi connectivity index (χ1n) is 13.5. The molecule has 0 aliphatic carbocycles. The first kappa shape index (κ1) is 27.2. The van der Waals surface area contributed by atoms with Gasteiger partial charge in [-0.1, -0.05) is 126 Å². The average Bonchev–Trinajstić information content (AvgIpc) is 2.90. The third kappa shape index (κ3) is 8.35. The number of benzene rings is 3. The zero-order valence-corrected chi connectivity index (χ0v) is 23.6. The summed E-state index contributed by atoms with van der Waals surface area (Å²) in [4.78, 5) is 0. The molecular formula is C32H43BrP+. The lowest BCUT2D eigenvalue weighted by atomic mass is 10.0. The third-order valence-electron chi connectivity index (χ3n) is 6.84. The lowest BCUT2D eigenvalue weighted by Gasteiger charge is -2.20. The van der Waals surface area contributed by atoms with E-state index in [9.17, 15) is 0 Å². The van der Waals surface area contributed by atoms with Crippen molar-refractivity contribution in [1.82, 2.24) is 0 Å². The lowest BCUT2D eigenvalue weighted by molar-refractivity contribution is 0.544. The van der Waals surface area contributed by atoms with Crippen LogP contribution in [0.15, 0.2) is 84.9 Å². The standard InChI is InChI=1S/C32H43BrP/c1-2-3-4-5-6-7-8-9-10-11-12-15-20-29-25-27-32(28-26-29)34(33,30-21-16-13-17-22-30)31-23-18-14-19-24-31/h13-14,16-19,21-28H,2-12,15,20H2,1H3/q+1. The summed E-state index contributed by atoms with van der Waals surface area (Å²) in [5.41, 5.74) is 1.47. The van der Waals surface area contributed by atoms with Crippen LogP contribution in [0, 0.1) is 0 Å². The molecule has 34 heavy (non-hydrogen) atoms. The van der Waals surface area contributed by atoms with Crippen molar-refractivity contribution in [3.05, 3.63) is 90.5 Å². The van der Waals surface area contributed by atoms with Crippen LogP contribution in [-0.2, 0) is 6.42 Å². The highest BCUT2D eigenvalue weighted by Crippen LogP contribution is 2.62. The molecule has 0 aromatic heterocycles. The SMILES string of the molecule is CCCCCCCCCCCCCCc1ccc([P+](Br)(c2ccccc2)c2ccccc2)cc1. The minimum atomic E-state index is -1.79. The topological polar surface area (TPSA) is 0 Å². The molecule has 0 radical (unpaired) electrons. The van der Waals surface area contributed by atoms with E-state index in [4.69, 9.17) is 0 Å². The Kier molecular flexibility index (Phi) is 12.4. The van der Waals surface area contributed by atoms with Crippen LogP contribution >= 0.6 is 21.5 Å². The van der Waals surface area contributed by atoms with Crippen LogP contribution < -0.4 is 15.9 Å². The van der Waals surface area contributed by atoms with Crippen LogP contribution in [0.4, 0.5) is 0 Å².